The molecule has 1 N–H and O–H groups in total. The van der Waals surface area contributed by atoms with E-state index in [2.05, 4.69) is 4.99 Å². The van der Waals surface area contributed by atoms with Crippen LogP contribution in [0.4, 0.5) is 5.69 Å². The topological polar surface area (TPSA) is 68.1 Å². The maximum atomic E-state index is 12.1. The highest BCUT2D eigenvalue weighted by Crippen LogP contribution is 2.28. The summed E-state index contributed by atoms with van der Waals surface area (Å²) >= 11 is 0. The summed E-state index contributed by atoms with van der Waals surface area (Å²) in [5.74, 6) is 0.448. The molecule has 5 heteroatoms. The van der Waals surface area contributed by atoms with E-state index >= 15 is 0 Å². The molecule has 0 aliphatic heterocycles. The van der Waals surface area contributed by atoms with Crippen molar-refractivity contribution in [1.82, 2.24) is 0 Å². The van der Waals surface area contributed by atoms with Crippen molar-refractivity contribution in [3.63, 3.8) is 0 Å². The Labute approximate surface area is 163 Å². The van der Waals surface area contributed by atoms with E-state index < -0.39 is 5.97 Å². The molecule has 0 spiro atoms. The van der Waals surface area contributed by atoms with Crippen LogP contribution in [-0.4, -0.2) is 24.4 Å². The number of rotatable bonds is 6. The molecule has 0 amide bonds. The molecule has 0 radical (unpaired) electrons. The zero-order valence-electron chi connectivity index (χ0n) is 15.3. The lowest BCUT2D eigenvalue weighted by molar-refractivity contribution is -0.129. The number of hydrogen-bond donors (Lipinski definition) is 1. The zero-order valence-corrected chi connectivity index (χ0v) is 15.3. The molecule has 0 bridgehead atoms. The van der Waals surface area contributed by atoms with E-state index in [0.29, 0.717) is 17.2 Å². The molecule has 28 heavy (non-hydrogen) atoms. The van der Waals surface area contributed by atoms with Gasteiger partial charge in [-0.1, -0.05) is 30.3 Å². The van der Waals surface area contributed by atoms with Gasteiger partial charge in [-0.15, -0.1) is 0 Å². The first-order valence-electron chi connectivity index (χ1n) is 8.60. The predicted molar refractivity (Wildman–Crippen MR) is 109 cm³/mol. The first-order valence-corrected chi connectivity index (χ1v) is 8.60. The Bertz CT molecular complexity index is 993. The number of carbonyl (C=O) groups excluding carboxylic acids is 1. The van der Waals surface area contributed by atoms with Crippen LogP contribution in [0.2, 0.25) is 0 Å². The Kier molecular flexibility index (Phi) is 6.21. The predicted octanol–water partition coefficient (Wildman–Crippen LogP) is 4.77. The largest absolute Gasteiger partial charge is 0.508 e. The highest BCUT2D eigenvalue weighted by molar-refractivity contribution is 5.89. The van der Waals surface area contributed by atoms with Crippen molar-refractivity contribution >= 4 is 23.9 Å². The first kappa shape index (κ1) is 18.9. The van der Waals surface area contributed by atoms with E-state index in [0.717, 1.165) is 11.1 Å². The van der Waals surface area contributed by atoms with E-state index in [1.165, 1.54) is 13.2 Å². The number of phenolic OH excluding ortho intramolecular Hbond substituents is 1. The van der Waals surface area contributed by atoms with Gasteiger partial charge in [0.2, 0.25) is 0 Å². The molecule has 3 rings (SSSR count). The summed E-state index contributed by atoms with van der Waals surface area (Å²) in [7, 11) is 1.51. The summed E-state index contributed by atoms with van der Waals surface area (Å²) in [6.45, 7) is 0. The van der Waals surface area contributed by atoms with Gasteiger partial charge in [0.1, 0.15) is 5.75 Å². The number of phenols is 1. The molecule has 0 heterocycles. The molecule has 140 valence electrons. The van der Waals surface area contributed by atoms with Crippen molar-refractivity contribution in [1.29, 1.82) is 0 Å². The molecule has 0 saturated carbocycles. The third-order valence-corrected chi connectivity index (χ3v) is 3.82. The van der Waals surface area contributed by atoms with E-state index in [4.69, 9.17) is 9.47 Å². The molecule has 0 atom stereocenters. The number of carbonyl (C=O) groups is 1. The van der Waals surface area contributed by atoms with Crippen molar-refractivity contribution in [3.8, 4) is 17.2 Å². The Balaban J connectivity index is 1.69. The van der Waals surface area contributed by atoms with Crippen molar-refractivity contribution in [2.45, 2.75) is 0 Å². The SMILES string of the molecule is COc1cc(C=Nc2ccc(O)cc2)ccc1OC(=O)/C=C/c1ccccc1. The summed E-state index contributed by atoms with van der Waals surface area (Å²) < 4.78 is 10.7. The molecule has 5 nitrogen and oxygen atoms in total. The van der Waals surface area contributed by atoms with Crippen molar-refractivity contribution in [2.75, 3.05) is 7.11 Å². The van der Waals surface area contributed by atoms with Gasteiger partial charge in [-0.3, -0.25) is 4.99 Å². The molecule has 3 aromatic rings. The van der Waals surface area contributed by atoms with Gasteiger partial charge >= 0.3 is 5.97 Å². The van der Waals surface area contributed by atoms with Gasteiger partial charge in [0.15, 0.2) is 11.5 Å². The number of hydrogen-bond acceptors (Lipinski definition) is 5. The zero-order chi connectivity index (χ0) is 19.8. The monoisotopic (exact) mass is 373 g/mol. The summed E-state index contributed by atoms with van der Waals surface area (Å²) in [6.07, 6.45) is 4.72. The average molecular weight is 373 g/mol. The lowest BCUT2D eigenvalue weighted by Gasteiger charge is -2.08. The highest BCUT2D eigenvalue weighted by Gasteiger charge is 2.08. The lowest BCUT2D eigenvalue weighted by Crippen LogP contribution is -2.05. The number of benzene rings is 3. The van der Waals surface area contributed by atoms with E-state index in [1.54, 1.807) is 54.8 Å². The molecular formula is C23H19NO4. The minimum absolute atomic E-state index is 0.188. The number of methoxy groups -OCH3 is 1. The summed E-state index contributed by atoms with van der Waals surface area (Å²) in [4.78, 5) is 16.4. The fourth-order valence-electron chi connectivity index (χ4n) is 2.41. The summed E-state index contributed by atoms with van der Waals surface area (Å²) in [5, 5.41) is 9.30. The van der Waals surface area contributed by atoms with E-state index in [1.807, 2.05) is 30.3 Å². The third-order valence-electron chi connectivity index (χ3n) is 3.82. The van der Waals surface area contributed by atoms with Gasteiger partial charge in [-0.2, -0.15) is 0 Å². The third kappa shape index (κ3) is 5.32. The summed E-state index contributed by atoms with van der Waals surface area (Å²) in [5.41, 5.74) is 2.40. The van der Waals surface area contributed by atoms with Crippen molar-refractivity contribution < 1.29 is 19.4 Å². The van der Waals surface area contributed by atoms with Gasteiger partial charge in [-0.25, -0.2) is 4.79 Å². The van der Waals surface area contributed by atoms with E-state index in [-0.39, 0.29) is 5.75 Å². The van der Waals surface area contributed by atoms with Crippen LogP contribution >= 0.6 is 0 Å². The second kappa shape index (κ2) is 9.19. The maximum Gasteiger partial charge on any atom is 0.336 e. The van der Waals surface area contributed by atoms with Gasteiger partial charge in [0, 0.05) is 12.3 Å². The summed E-state index contributed by atoms with van der Waals surface area (Å²) in [6, 6.07) is 21.2. The van der Waals surface area contributed by atoms with Crippen LogP contribution in [0, 0.1) is 0 Å². The molecule has 0 saturated heterocycles. The quantitative estimate of drug-likeness (QED) is 0.292. The second-order valence-electron chi connectivity index (χ2n) is 5.85. The van der Waals surface area contributed by atoms with Crippen molar-refractivity contribution in [3.05, 3.63) is 90.0 Å². The van der Waals surface area contributed by atoms with E-state index in [9.17, 15) is 9.90 Å². The maximum absolute atomic E-state index is 12.1. The number of aliphatic imine (C=N–C) groups is 1. The molecule has 0 aromatic heterocycles. The number of ether oxygens (including phenoxy) is 2. The van der Waals surface area contributed by atoms with Crippen LogP contribution in [-0.2, 0) is 4.79 Å². The van der Waals surface area contributed by atoms with Crippen LogP contribution in [0.15, 0.2) is 83.9 Å². The van der Waals surface area contributed by atoms with Gasteiger partial charge in [0.25, 0.3) is 0 Å². The fourth-order valence-corrected chi connectivity index (χ4v) is 2.41. The van der Waals surface area contributed by atoms with Crippen LogP contribution < -0.4 is 9.47 Å². The average Bonchev–Trinajstić information content (AvgIpc) is 2.73. The normalized spacial score (nSPS) is 11.0. The van der Waals surface area contributed by atoms with Crippen LogP contribution in [0.1, 0.15) is 11.1 Å². The minimum Gasteiger partial charge on any atom is -0.508 e. The first-order chi connectivity index (χ1) is 13.6. The molecule has 0 unspecified atom stereocenters. The van der Waals surface area contributed by atoms with Crippen LogP contribution in [0.3, 0.4) is 0 Å². The van der Waals surface area contributed by atoms with Gasteiger partial charge in [0.05, 0.1) is 12.8 Å². The Morgan fingerprint density at radius 2 is 1.68 bits per heavy atom. The van der Waals surface area contributed by atoms with Crippen LogP contribution in [0.25, 0.3) is 6.08 Å². The highest BCUT2D eigenvalue weighted by atomic mass is 16.6. The Hall–Kier alpha value is -3.86. The van der Waals surface area contributed by atoms with Gasteiger partial charge in [-0.05, 0) is 59.7 Å². The molecular weight excluding hydrogens is 354 g/mol. The Morgan fingerprint density at radius 1 is 0.929 bits per heavy atom. The smallest absolute Gasteiger partial charge is 0.336 e. The Morgan fingerprint density at radius 3 is 2.39 bits per heavy atom. The van der Waals surface area contributed by atoms with Crippen LogP contribution in [0.5, 0.6) is 17.2 Å². The second-order valence-corrected chi connectivity index (χ2v) is 5.85. The minimum atomic E-state index is -0.493. The molecule has 3 aromatic carbocycles. The number of nitrogens with zero attached hydrogens (tertiary/aromatic N) is 1. The lowest BCUT2D eigenvalue weighted by atomic mass is 10.2. The molecule has 0 aliphatic rings. The molecule has 0 fully saturated rings. The number of aromatic hydroxyl groups is 1. The fraction of sp³-hybridized carbons (Fsp3) is 0.0435. The molecule has 0 aliphatic carbocycles. The van der Waals surface area contributed by atoms with Crippen molar-refractivity contribution in [2.24, 2.45) is 4.99 Å². The standard InChI is InChI=1S/C23H19NO4/c1-27-22-15-18(16-24-19-9-11-20(25)12-10-19)7-13-21(22)28-23(26)14-8-17-5-3-2-4-6-17/h2-16,25H,1H3/b14-8+,24-16?. The number of esters is 1. The van der Waals surface area contributed by atoms with Gasteiger partial charge < -0.3 is 14.6 Å².